The zero-order chi connectivity index (χ0) is 66.9. The third-order valence-electron chi connectivity index (χ3n) is 16.9. The molecule has 3 saturated heterocycles. The summed E-state index contributed by atoms with van der Waals surface area (Å²) in [6.45, 7) is 15.2. The number of carbonyl (C=O) groups is 11. The Balaban J connectivity index is 1.60. The highest BCUT2D eigenvalue weighted by atomic mass is 16.2. The van der Waals surface area contributed by atoms with Crippen LogP contribution in [0.1, 0.15) is 150 Å². The summed E-state index contributed by atoms with van der Waals surface area (Å²) < 4.78 is 0. The Morgan fingerprint density at radius 2 is 0.703 bits per heavy atom. The molecule has 25 heteroatoms. The van der Waals surface area contributed by atoms with Crippen molar-refractivity contribution in [1.29, 1.82) is 0 Å². The van der Waals surface area contributed by atoms with Gasteiger partial charge in [0.05, 0.1) is 0 Å². The van der Waals surface area contributed by atoms with E-state index < -0.39 is 143 Å². The number of hydrogen-bond donors (Lipinski definition) is 12. The van der Waals surface area contributed by atoms with E-state index in [0.29, 0.717) is 43.4 Å². The Morgan fingerprint density at radius 3 is 1.10 bits per heavy atom. The second-order valence-electron chi connectivity index (χ2n) is 26.1. The standard InChI is InChI=1S/C66H104N14O11/c1-39(2)35-48-58(83)75-50(37-43-21-11-9-12-22-43)60(85)72-47(25-15-16-30-67)65(90)79-33-19-28-52(79)61(86)77-54(41(5)6)63(88)71-46(27-18-32-69)57(82)74-49(36-40(3)4)59(84)76-51(38-44-23-13-10-14-24-44)66(91)80-34-20-29-53(80)62(87)78-55(42(7)8)64(89)70-45(26-17-31-68)56(81)73-48/h9-14,21-24,39-42,45-55H,15-20,25-38,67-69H2,1-8H3,(H,70,89)(H,71,88)(H,72,85)(H,73,81)(H,74,82)(H,75,83)(H,76,84)(H,77,86)(H,78,87)/t45-,46-,47-,48-,49-,50+,51+,52-,53-,54-,55-/m0/s1. The summed E-state index contributed by atoms with van der Waals surface area (Å²) in [5, 5.41) is 25.7. The molecule has 3 aliphatic rings. The highest BCUT2D eigenvalue weighted by molar-refractivity contribution is 6.00. The van der Waals surface area contributed by atoms with Crippen LogP contribution in [-0.2, 0) is 65.6 Å². The maximum absolute atomic E-state index is 15.0. The van der Waals surface area contributed by atoms with Gasteiger partial charge in [0.25, 0.3) is 0 Å². The number of benzene rings is 2. The molecule has 25 nitrogen and oxygen atoms in total. The molecular weight excluding hydrogens is 1160 g/mol. The molecule has 3 aliphatic heterocycles. The van der Waals surface area contributed by atoms with Crippen LogP contribution in [-0.4, -0.2) is 174 Å². The lowest BCUT2D eigenvalue weighted by atomic mass is 9.99. The lowest BCUT2D eigenvalue weighted by Gasteiger charge is -2.32. The van der Waals surface area contributed by atoms with Gasteiger partial charge in [-0.15, -0.1) is 0 Å². The number of rotatable bonds is 20. The van der Waals surface area contributed by atoms with Gasteiger partial charge in [0.2, 0.25) is 65.0 Å². The minimum atomic E-state index is -1.30. The first kappa shape index (κ1) is 74.2. The second-order valence-corrected chi connectivity index (χ2v) is 26.1. The van der Waals surface area contributed by atoms with Crippen molar-refractivity contribution < 1.29 is 52.7 Å². The van der Waals surface area contributed by atoms with Gasteiger partial charge in [-0.3, -0.25) is 52.7 Å². The van der Waals surface area contributed by atoms with Gasteiger partial charge in [0.1, 0.15) is 66.5 Å². The molecular formula is C66H104N14O11. The van der Waals surface area contributed by atoms with Crippen molar-refractivity contribution in [2.75, 3.05) is 32.7 Å². The lowest BCUT2D eigenvalue weighted by Crippen LogP contribution is -2.61. The van der Waals surface area contributed by atoms with Gasteiger partial charge >= 0.3 is 0 Å². The quantitative estimate of drug-likeness (QED) is 0.0818. The van der Waals surface area contributed by atoms with Crippen LogP contribution in [0.5, 0.6) is 0 Å². The topological polar surface area (TPSA) is 381 Å². The van der Waals surface area contributed by atoms with E-state index in [9.17, 15) is 47.9 Å². The minimum absolute atomic E-state index is 0.00445. The fourth-order valence-electron chi connectivity index (χ4n) is 11.9. The largest absolute Gasteiger partial charge is 0.343 e. The third kappa shape index (κ3) is 22.7. The molecule has 11 atom stereocenters. The first-order valence-corrected chi connectivity index (χ1v) is 32.9. The van der Waals surface area contributed by atoms with Gasteiger partial charge in [-0.2, -0.15) is 0 Å². The highest BCUT2D eigenvalue weighted by Crippen LogP contribution is 2.24. The Morgan fingerprint density at radius 1 is 0.374 bits per heavy atom. The maximum Gasteiger partial charge on any atom is 0.246 e. The van der Waals surface area contributed by atoms with Gasteiger partial charge in [-0.1, -0.05) is 116 Å². The van der Waals surface area contributed by atoms with Crippen LogP contribution in [0.15, 0.2) is 60.7 Å². The summed E-state index contributed by atoms with van der Waals surface area (Å²) in [7, 11) is 0. The molecule has 0 saturated carbocycles. The molecule has 2 aromatic carbocycles. The molecule has 2 aromatic rings. The molecule has 0 bridgehead atoms. The summed E-state index contributed by atoms with van der Waals surface area (Å²) in [6.07, 6.45) is 3.16. The number of carbonyl (C=O) groups excluding carboxylic acids is 11. The van der Waals surface area contributed by atoms with Gasteiger partial charge < -0.3 is 74.9 Å². The van der Waals surface area contributed by atoms with Crippen LogP contribution in [0.4, 0.5) is 0 Å². The maximum atomic E-state index is 15.0. The van der Waals surface area contributed by atoms with Gasteiger partial charge in [-0.05, 0) is 138 Å². The van der Waals surface area contributed by atoms with Crippen molar-refractivity contribution in [2.45, 2.75) is 218 Å². The van der Waals surface area contributed by atoms with Crippen molar-refractivity contribution in [2.24, 2.45) is 40.9 Å². The SMILES string of the molecule is CC(C)C[C@@H]1NC(=O)[C@H](CCCN)NC(=O)[C@H](C(C)C)NC(=O)[C@@H]2CCCN2C(=O)[C@@H](Cc2ccccc2)NC(=O)[C@H](CC(C)C)NC(=O)[C@H](CCCN)NC(=O)[C@H](C(C)C)NC(=O)[C@@H]2CCCN2C(=O)[C@H](CCCCN)NC(=O)[C@@H](Cc2ccccc2)NC1=O. The average Bonchev–Trinajstić information content (AvgIpc) is 1.92. The summed E-state index contributed by atoms with van der Waals surface area (Å²) in [4.78, 5) is 164. The van der Waals surface area contributed by atoms with Crippen molar-refractivity contribution in [3.05, 3.63) is 71.8 Å². The van der Waals surface area contributed by atoms with Crippen LogP contribution >= 0.6 is 0 Å². The summed E-state index contributed by atoms with van der Waals surface area (Å²) >= 11 is 0. The van der Waals surface area contributed by atoms with Crippen LogP contribution < -0.4 is 65.1 Å². The Labute approximate surface area is 536 Å². The third-order valence-corrected chi connectivity index (χ3v) is 16.9. The molecule has 0 radical (unpaired) electrons. The van der Waals surface area contributed by atoms with Gasteiger partial charge in [0, 0.05) is 25.9 Å². The lowest BCUT2D eigenvalue weighted by molar-refractivity contribution is -0.143. The van der Waals surface area contributed by atoms with Crippen LogP contribution in [0.25, 0.3) is 0 Å². The van der Waals surface area contributed by atoms with E-state index in [2.05, 4.69) is 47.9 Å². The molecule has 5 rings (SSSR count). The number of unbranched alkanes of at least 4 members (excludes halogenated alkanes) is 1. The Kier molecular flexibility index (Phi) is 30.3. The van der Waals surface area contributed by atoms with E-state index in [1.165, 1.54) is 9.80 Å². The second kappa shape index (κ2) is 37.1. The predicted octanol–water partition coefficient (Wildman–Crippen LogP) is 0.842. The first-order valence-electron chi connectivity index (χ1n) is 32.9. The molecule has 0 aliphatic carbocycles. The monoisotopic (exact) mass is 1270 g/mol. The van der Waals surface area contributed by atoms with Gasteiger partial charge in [0.15, 0.2) is 0 Å². The summed E-state index contributed by atoms with van der Waals surface area (Å²) in [5.41, 5.74) is 19.2. The number of nitrogens with zero attached hydrogens (tertiary/aromatic N) is 2. The zero-order valence-corrected chi connectivity index (χ0v) is 54.7. The molecule has 15 N–H and O–H groups in total. The van der Waals surface area contributed by atoms with Crippen LogP contribution in [0.3, 0.4) is 0 Å². The normalized spacial score (nSPS) is 26.3. The Bertz CT molecular complexity index is 2750. The van der Waals surface area contributed by atoms with Crippen molar-refractivity contribution in [1.82, 2.24) is 57.7 Å². The summed E-state index contributed by atoms with van der Waals surface area (Å²) in [5.74, 6) is -8.84. The van der Waals surface area contributed by atoms with Crippen molar-refractivity contribution in [3.63, 3.8) is 0 Å². The molecule has 0 spiro atoms. The van der Waals surface area contributed by atoms with Crippen LogP contribution in [0, 0.1) is 23.7 Å². The molecule has 504 valence electrons. The number of nitrogens with one attached hydrogen (secondary N) is 9. The molecule has 3 heterocycles. The zero-order valence-electron chi connectivity index (χ0n) is 54.7. The molecule has 0 unspecified atom stereocenters. The van der Waals surface area contributed by atoms with Gasteiger partial charge in [-0.25, -0.2) is 0 Å². The predicted molar refractivity (Wildman–Crippen MR) is 345 cm³/mol. The first-order chi connectivity index (χ1) is 43.4. The average molecular weight is 1270 g/mol. The molecule has 91 heavy (non-hydrogen) atoms. The van der Waals surface area contributed by atoms with E-state index in [4.69, 9.17) is 17.2 Å². The summed E-state index contributed by atoms with van der Waals surface area (Å²) in [6, 6.07) is 4.58. The van der Waals surface area contributed by atoms with E-state index in [1.54, 1.807) is 88.4 Å². The van der Waals surface area contributed by atoms with E-state index in [1.807, 2.05) is 27.7 Å². The Hall–Kier alpha value is -7.51. The number of amides is 11. The number of nitrogens with two attached hydrogens (primary N) is 3. The highest BCUT2D eigenvalue weighted by Gasteiger charge is 2.43. The number of fused-ring (bicyclic) bond motifs is 2. The number of hydrogen-bond acceptors (Lipinski definition) is 14. The van der Waals surface area contributed by atoms with E-state index in [0.717, 1.165) is 0 Å². The fraction of sp³-hybridized carbons (Fsp3) is 0.652. The van der Waals surface area contributed by atoms with Crippen molar-refractivity contribution >= 4 is 65.0 Å². The van der Waals surface area contributed by atoms with Crippen LogP contribution in [0.2, 0.25) is 0 Å². The molecule has 11 amide bonds. The van der Waals surface area contributed by atoms with E-state index >= 15 is 4.79 Å². The smallest absolute Gasteiger partial charge is 0.246 e. The molecule has 0 aromatic heterocycles. The van der Waals surface area contributed by atoms with Crippen molar-refractivity contribution in [3.8, 4) is 0 Å². The fourth-order valence-corrected chi connectivity index (χ4v) is 11.9. The molecule has 3 fully saturated rings. The minimum Gasteiger partial charge on any atom is -0.343 e. The van der Waals surface area contributed by atoms with E-state index in [-0.39, 0.29) is 109 Å².